The molecule has 0 aliphatic carbocycles. The molecule has 0 aromatic rings. The standard InChI is InChI=1S/C9H17B/c1-8-9-4-2-6-10(8)7-3-5-9/h8-9H,2-7H2,1H3. The summed E-state index contributed by atoms with van der Waals surface area (Å²) >= 11 is 0. The number of rotatable bonds is 0. The lowest BCUT2D eigenvalue weighted by Crippen LogP contribution is -2.33. The molecule has 2 bridgehead atoms. The van der Waals surface area contributed by atoms with Gasteiger partial charge in [-0.05, 0) is 5.92 Å². The zero-order valence-electron chi connectivity index (χ0n) is 6.97. The highest BCUT2D eigenvalue weighted by Gasteiger charge is 2.34. The van der Waals surface area contributed by atoms with Crippen molar-refractivity contribution in [2.45, 2.75) is 51.1 Å². The van der Waals surface area contributed by atoms with Gasteiger partial charge < -0.3 is 0 Å². The van der Waals surface area contributed by atoms with E-state index < -0.39 is 0 Å². The Kier molecular flexibility index (Phi) is 1.75. The third kappa shape index (κ3) is 1.000. The minimum absolute atomic E-state index is 1.07. The number of hydrogen-bond acceptors (Lipinski definition) is 0. The lowest BCUT2D eigenvalue weighted by atomic mass is 9.29. The van der Waals surface area contributed by atoms with Crippen LogP contribution < -0.4 is 0 Å². The first-order valence-corrected chi connectivity index (χ1v) is 4.88. The zero-order chi connectivity index (χ0) is 6.97. The molecule has 1 heteroatoms. The van der Waals surface area contributed by atoms with Crippen LogP contribution >= 0.6 is 0 Å². The van der Waals surface area contributed by atoms with Gasteiger partial charge in [-0.25, -0.2) is 0 Å². The van der Waals surface area contributed by atoms with Crippen LogP contribution in [0.5, 0.6) is 0 Å². The van der Waals surface area contributed by atoms with Gasteiger partial charge in [-0.3, -0.25) is 0 Å². The molecule has 0 radical (unpaired) electrons. The quantitative estimate of drug-likeness (QED) is 0.449. The van der Waals surface area contributed by atoms with E-state index in [1.54, 1.807) is 0 Å². The summed E-state index contributed by atoms with van der Waals surface area (Å²) in [5.41, 5.74) is 0. The molecule has 2 aliphatic rings. The van der Waals surface area contributed by atoms with E-state index in [-0.39, 0.29) is 0 Å². The lowest BCUT2D eigenvalue weighted by molar-refractivity contribution is 0.379. The molecular weight excluding hydrogens is 119 g/mol. The Bertz CT molecular complexity index is 99.9. The highest BCUT2D eigenvalue weighted by Crippen LogP contribution is 2.43. The van der Waals surface area contributed by atoms with Crippen molar-refractivity contribution in [2.24, 2.45) is 5.92 Å². The van der Waals surface area contributed by atoms with E-state index in [2.05, 4.69) is 6.92 Å². The summed E-state index contributed by atoms with van der Waals surface area (Å²) in [6.45, 7) is 3.60. The van der Waals surface area contributed by atoms with Crippen molar-refractivity contribution in [3.05, 3.63) is 0 Å². The van der Waals surface area contributed by atoms with Crippen LogP contribution in [0.4, 0.5) is 0 Å². The van der Waals surface area contributed by atoms with Gasteiger partial charge in [0.05, 0.1) is 0 Å². The summed E-state index contributed by atoms with van der Waals surface area (Å²) in [7, 11) is 0. The Morgan fingerprint density at radius 3 is 2.10 bits per heavy atom. The minimum atomic E-state index is 1.07. The largest absolute Gasteiger partial charge is 0.143 e. The fraction of sp³-hybridized carbons (Fsp3) is 1.00. The van der Waals surface area contributed by atoms with Crippen molar-refractivity contribution in [2.75, 3.05) is 0 Å². The monoisotopic (exact) mass is 136 g/mol. The molecule has 2 aliphatic heterocycles. The smallest absolute Gasteiger partial charge is 0.0739 e. The molecule has 2 fully saturated rings. The van der Waals surface area contributed by atoms with Gasteiger partial charge >= 0.3 is 0 Å². The number of hydrogen-bond donors (Lipinski definition) is 0. The summed E-state index contributed by atoms with van der Waals surface area (Å²) in [4.78, 5) is 0. The van der Waals surface area contributed by atoms with Gasteiger partial charge in [0.25, 0.3) is 0 Å². The second-order valence-electron chi connectivity index (χ2n) is 4.24. The lowest BCUT2D eigenvalue weighted by Gasteiger charge is -2.38. The van der Waals surface area contributed by atoms with Crippen LogP contribution in [-0.2, 0) is 0 Å². The van der Waals surface area contributed by atoms with Crippen molar-refractivity contribution < 1.29 is 0 Å². The summed E-state index contributed by atoms with van der Waals surface area (Å²) in [6.07, 6.45) is 9.21. The summed E-state index contributed by atoms with van der Waals surface area (Å²) in [6, 6.07) is 0. The van der Waals surface area contributed by atoms with Gasteiger partial charge in [-0.1, -0.05) is 51.1 Å². The zero-order valence-corrected chi connectivity index (χ0v) is 6.97. The SMILES string of the molecule is CC1B2CCCC1CCC2. The van der Waals surface area contributed by atoms with Crippen molar-refractivity contribution >= 4 is 6.71 Å². The van der Waals surface area contributed by atoms with Crippen molar-refractivity contribution in [3.8, 4) is 0 Å². The first-order chi connectivity index (χ1) is 4.88. The second-order valence-corrected chi connectivity index (χ2v) is 4.24. The summed E-state index contributed by atoms with van der Waals surface area (Å²) < 4.78 is 0. The predicted octanol–water partition coefficient (Wildman–Crippen LogP) is 3.08. The molecule has 2 saturated heterocycles. The molecule has 0 aromatic carbocycles. The Balaban J connectivity index is 2.05. The van der Waals surface area contributed by atoms with E-state index in [4.69, 9.17) is 0 Å². The van der Waals surface area contributed by atoms with E-state index in [0.717, 1.165) is 18.4 Å². The van der Waals surface area contributed by atoms with Crippen LogP contribution in [0.25, 0.3) is 0 Å². The summed E-state index contributed by atoms with van der Waals surface area (Å²) in [5, 5.41) is 0. The first-order valence-electron chi connectivity index (χ1n) is 4.88. The average Bonchev–Trinajstić information content (AvgIpc) is 1.86. The molecule has 1 atom stereocenters. The van der Waals surface area contributed by atoms with Crippen LogP contribution in [0.15, 0.2) is 0 Å². The first kappa shape index (κ1) is 6.76. The van der Waals surface area contributed by atoms with Crippen molar-refractivity contribution in [3.63, 3.8) is 0 Å². The van der Waals surface area contributed by atoms with Gasteiger partial charge in [0.15, 0.2) is 0 Å². The number of fused-ring (bicyclic) bond motifs is 2. The third-order valence-electron chi connectivity index (χ3n) is 3.79. The highest BCUT2D eigenvalue weighted by atomic mass is 14.2. The maximum Gasteiger partial charge on any atom is 0.143 e. The van der Waals surface area contributed by atoms with Gasteiger partial charge in [0, 0.05) is 0 Å². The fourth-order valence-corrected chi connectivity index (χ4v) is 3.01. The third-order valence-corrected chi connectivity index (χ3v) is 3.79. The van der Waals surface area contributed by atoms with Crippen molar-refractivity contribution in [1.29, 1.82) is 0 Å². The van der Waals surface area contributed by atoms with Crippen LogP contribution in [0.2, 0.25) is 18.5 Å². The molecule has 0 nitrogen and oxygen atoms in total. The molecule has 56 valence electrons. The van der Waals surface area contributed by atoms with E-state index in [1.165, 1.54) is 38.3 Å². The molecule has 2 heterocycles. The van der Waals surface area contributed by atoms with Crippen LogP contribution in [0.1, 0.15) is 32.6 Å². The summed E-state index contributed by atoms with van der Waals surface area (Å²) in [5.74, 6) is 2.19. The highest BCUT2D eigenvalue weighted by molar-refractivity contribution is 6.60. The topological polar surface area (TPSA) is 0 Å². The molecular formula is C9H17B. The fourth-order valence-electron chi connectivity index (χ4n) is 3.01. The second kappa shape index (κ2) is 2.60. The van der Waals surface area contributed by atoms with E-state index >= 15 is 0 Å². The predicted molar refractivity (Wildman–Crippen MR) is 46.8 cm³/mol. The molecule has 0 saturated carbocycles. The van der Waals surface area contributed by atoms with E-state index in [0.29, 0.717) is 0 Å². The van der Waals surface area contributed by atoms with E-state index in [9.17, 15) is 0 Å². The molecule has 0 aromatic heterocycles. The van der Waals surface area contributed by atoms with Crippen LogP contribution in [-0.4, -0.2) is 6.71 Å². The molecule has 0 spiro atoms. The Morgan fingerprint density at radius 2 is 1.70 bits per heavy atom. The molecule has 10 heavy (non-hydrogen) atoms. The van der Waals surface area contributed by atoms with Gasteiger partial charge in [-0.2, -0.15) is 0 Å². The normalized spacial score (nSPS) is 39.9. The Labute approximate surface area is 64.5 Å². The van der Waals surface area contributed by atoms with Gasteiger partial charge in [0.1, 0.15) is 6.71 Å². The van der Waals surface area contributed by atoms with Crippen LogP contribution in [0.3, 0.4) is 0 Å². The molecule has 0 N–H and O–H groups in total. The minimum Gasteiger partial charge on any atom is -0.0739 e. The van der Waals surface area contributed by atoms with Gasteiger partial charge in [0.2, 0.25) is 0 Å². The Morgan fingerprint density at radius 1 is 1.10 bits per heavy atom. The van der Waals surface area contributed by atoms with Gasteiger partial charge in [-0.15, -0.1) is 0 Å². The Hall–Kier alpha value is 0.0649. The van der Waals surface area contributed by atoms with E-state index in [1.807, 2.05) is 0 Å². The molecule has 0 amide bonds. The average molecular weight is 136 g/mol. The molecule has 2 rings (SSSR count). The molecule has 1 unspecified atom stereocenters. The van der Waals surface area contributed by atoms with Crippen LogP contribution in [0, 0.1) is 5.92 Å². The maximum absolute atomic E-state index is 2.48. The maximum atomic E-state index is 2.48. The van der Waals surface area contributed by atoms with Crippen molar-refractivity contribution in [1.82, 2.24) is 0 Å².